The van der Waals surface area contributed by atoms with Gasteiger partial charge in [-0.2, -0.15) is 0 Å². The van der Waals surface area contributed by atoms with Crippen LogP contribution in [0, 0.1) is 0 Å². The van der Waals surface area contributed by atoms with E-state index in [0.29, 0.717) is 0 Å². The van der Waals surface area contributed by atoms with Crippen LogP contribution in [-0.4, -0.2) is 26.7 Å². The minimum atomic E-state index is -1.01. The maximum atomic E-state index is 10.6. The summed E-state index contributed by atoms with van der Waals surface area (Å²) in [5.41, 5.74) is 6.21. The van der Waals surface area contributed by atoms with Crippen molar-refractivity contribution >= 4 is 41.8 Å². The quantitative estimate of drug-likeness (QED) is 0.886. The summed E-state index contributed by atoms with van der Waals surface area (Å²) >= 11 is 0. The number of halogens is 2. The first-order valence-corrected chi connectivity index (χ1v) is 4.57. The Balaban J connectivity index is 0.00000128. The first-order chi connectivity index (χ1) is 7.18. The number of aromatic nitrogens is 2. The summed E-state index contributed by atoms with van der Waals surface area (Å²) in [6.45, 7) is 0.232. The maximum absolute atomic E-state index is 10.6. The first-order valence-electron chi connectivity index (χ1n) is 4.57. The zero-order valence-corrected chi connectivity index (χ0v) is 10.4. The average Bonchev–Trinajstić information content (AvgIpc) is 2.62. The van der Waals surface area contributed by atoms with Gasteiger partial charge in [0.15, 0.2) is 0 Å². The summed E-state index contributed by atoms with van der Waals surface area (Å²) in [5.74, 6) is -1.01. The minimum absolute atomic E-state index is 0. The van der Waals surface area contributed by atoms with Crippen molar-refractivity contribution in [1.29, 1.82) is 0 Å². The second kappa shape index (κ2) is 6.44. The van der Waals surface area contributed by atoms with E-state index < -0.39 is 12.0 Å². The molecule has 0 saturated carbocycles. The molecule has 2 heterocycles. The summed E-state index contributed by atoms with van der Waals surface area (Å²) in [5, 5.41) is 9.68. The van der Waals surface area contributed by atoms with Gasteiger partial charge in [0.1, 0.15) is 11.7 Å². The molecule has 1 atom stereocenters. The number of aliphatic carboxylic acids is 1. The first kappa shape index (κ1) is 15.7. The number of fused-ring (bicyclic) bond motifs is 1. The van der Waals surface area contributed by atoms with E-state index in [2.05, 4.69) is 4.98 Å². The third kappa shape index (κ3) is 3.33. The van der Waals surface area contributed by atoms with E-state index in [0.717, 1.165) is 11.0 Å². The van der Waals surface area contributed by atoms with Crippen molar-refractivity contribution in [3.8, 4) is 0 Å². The lowest BCUT2D eigenvalue weighted by molar-refractivity contribution is -0.138. The number of carboxylic acid groups (broad SMARTS) is 1. The van der Waals surface area contributed by atoms with E-state index in [1.807, 2.05) is 18.2 Å². The summed E-state index contributed by atoms with van der Waals surface area (Å²) in [6.07, 6.45) is 3.46. The van der Waals surface area contributed by atoms with Crippen LogP contribution in [0.1, 0.15) is 0 Å². The van der Waals surface area contributed by atoms with Crippen LogP contribution in [0.15, 0.2) is 30.6 Å². The summed E-state index contributed by atoms with van der Waals surface area (Å²) in [7, 11) is 0. The van der Waals surface area contributed by atoms with E-state index in [4.69, 9.17) is 10.8 Å². The zero-order chi connectivity index (χ0) is 10.8. The Labute approximate surface area is 110 Å². The Morgan fingerprint density at radius 2 is 2.18 bits per heavy atom. The number of carboxylic acids is 1. The molecule has 2 rings (SSSR count). The highest BCUT2D eigenvalue weighted by Gasteiger charge is 2.13. The van der Waals surface area contributed by atoms with Crippen LogP contribution in [0.4, 0.5) is 0 Å². The van der Waals surface area contributed by atoms with E-state index in [1.165, 1.54) is 0 Å². The number of nitrogens with two attached hydrogens (primary N) is 1. The van der Waals surface area contributed by atoms with Crippen LogP contribution < -0.4 is 5.73 Å². The molecule has 94 valence electrons. The SMILES string of the molecule is Cl.Cl.NC(Cn1ccc2cccnc21)C(=O)O. The van der Waals surface area contributed by atoms with Gasteiger partial charge >= 0.3 is 5.97 Å². The third-order valence-electron chi connectivity index (χ3n) is 2.23. The van der Waals surface area contributed by atoms with Gasteiger partial charge in [0.05, 0.1) is 0 Å². The minimum Gasteiger partial charge on any atom is -0.480 e. The Morgan fingerprint density at radius 3 is 2.82 bits per heavy atom. The van der Waals surface area contributed by atoms with Gasteiger partial charge in [-0.05, 0) is 18.2 Å². The van der Waals surface area contributed by atoms with Crippen molar-refractivity contribution < 1.29 is 9.90 Å². The van der Waals surface area contributed by atoms with Crippen molar-refractivity contribution in [2.24, 2.45) is 5.73 Å². The molecule has 0 spiro atoms. The number of hydrogen-bond acceptors (Lipinski definition) is 3. The second-order valence-electron chi connectivity index (χ2n) is 3.33. The van der Waals surface area contributed by atoms with Crippen LogP contribution >= 0.6 is 24.8 Å². The molecule has 0 saturated heterocycles. The van der Waals surface area contributed by atoms with Crippen molar-refractivity contribution in [2.75, 3.05) is 0 Å². The Bertz CT molecular complexity index is 501. The predicted octanol–water partition coefficient (Wildman–Crippen LogP) is 1.29. The normalized spacial score (nSPS) is 11.4. The lowest BCUT2D eigenvalue weighted by Gasteiger charge is -2.08. The summed E-state index contributed by atoms with van der Waals surface area (Å²) in [6, 6.07) is 4.74. The predicted molar refractivity (Wildman–Crippen MR) is 69.8 cm³/mol. The monoisotopic (exact) mass is 277 g/mol. The van der Waals surface area contributed by atoms with Crippen LogP contribution in [0.2, 0.25) is 0 Å². The molecule has 0 aliphatic heterocycles. The smallest absolute Gasteiger partial charge is 0.322 e. The van der Waals surface area contributed by atoms with Gasteiger partial charge in [0.2, 0.25) is 0 Å². The maximum Gasteiger partial charge on any atom is 0.322 e. The molecule has 0 fully saturated rings. The number of rotatable bonds is 3. The molecule has 7 heteroatoms. The van der Waals surface area contributed by atoms with Crippen molar-refractivity contribution in [1.82, 2.24) is 9.55 Å². The van der Waals surface area contributed by atoms with Crippen LogP contribution in [0.25, 0.3) is 11.0 Å². The highest BCUT2D eigenvalue weighted by atomic mass is 35.5. The van der Waals surface area contributed by atoms with E-state index >= 15 is 0 Å². The molecular weight excluding hydrogens is 265 g/mol. The Kier molecular flexibility index (Phi) is 5.95. The number of hydrogen-bond donors (Lipinski definition) is 2. The van der Waals surface area contributed by atoms with E-state index in [9.17, 15) is 4.79 Å². The van der Waals surface area contributed by atoms with Gasteiger partial charge in [-0.15, -0.1) is 24.8 Å². The van der Waals surface area contributed by atoms with Crippen molar-refractivity contribution in [3.63, 3.8) is 0 Å². The molecule has 0 bridgehead atoms. The molecule has 0 aromatic carbocycles. The van der Waals surface area contributed by atoms with Gasteiger partial charge in [-0.3, -0.25) is 4.79 Å². The largest absolute Gasteiger partial charge is 0.480 e. The van der Waals surface area contributed by atoms with Crippen LogP contribution in [0.3, 0.4) is 0 Å². The molecule has 3 N–H and O–H groups in total. The van der Waals surface area contributed by atoms with Crippen molar-refractivity contribution in [3.05, 3.63) is 30.6 Å². The molecule has 5 nitrogen and oxygen atoms in total. The molecule has 0 radical (unpaired) electrons. The molecular formula is C10H13Cl2N3O2. The fraction of sp³-hybridized carbons (Fsp3) is 0.200. The summed E-state index contributed by atoms with van der Waals surface area (Å²) < 4.78 is 1.74. The highest BCUT2D eigenvalue weighted by Crippen LogP contribution is 2.12. The van der Waals surface area contributed by atoms with Gasteiger partial charge in [-0.1, -0.05) is 0 Å². The number of carbonyl (C=O) groups is 1. The van der Waals surface area contributed by atoms with E-state index in [-0.39, 0.29) is 31.4 Å². The Morgan fingerprint density at radius 1 is 1.47 bits per heavy atom. The average molecular weight is 278 g/mol. The molecule has 0 aliphatic rings. The molecule has 0 aliphatic carbocycles. The summed E-state index contributed by atoms with van der Waals surface area (Å²) in [4.78, 5) is 14.8. The Hall–Kier alpha value is -1.30. The molecule has 17 heavy (non-hydrogen) atoms. The van der Waals surface area contributed by atoms with Gasteiger partial charge < -0.3 is 15.4 Å². The topological polar surface area (TPSA) is 81.1 Å². The van der Waals surface area contributed by atoms with Crippen LogP contribution in [-0.2, 0) is 11.3 Å². The molecule has 1 unspecified atom stereocenters. The molecule has 0 amide bonds. The van der Waals surface area contributed by atoms with Crippen molar-refractivity contribution in [2.45, 2.75) is 12.6 Å². The molecule has 2 aromatic rings. The van der Waals surface area contributed by atoms with Gasteiger partial charge in [0.25, 0.3) is 0 Å². The number of nitrogens with zero attached hydrogens (tertiary/aromatic N) is 2. The number of pyridine rings is 1. The standard InChI is InChI=1S/C10H11N3O2.2ClH/c11-8(10(14)15)6-13-5-3-7-2-1-4-12-9(7)13;;/h1-5,8H,6,11H2,(H,14,15);2*1H. The lowest BCUT2D eigenvalue weighted by Crippen LogP contribution is -2.34. The fourth-order valence-corrected chi connectivity index (χ4v) is 1.46. The lowest BCUT2D eigenvalue weighted by atomic mass is 10.3. The van der Waals surface area contributed by atoms with Gasteiger partial charge in [0, 0.05) is 24.3 Å². The van der Waals surface area contributed by atoms with Crippen LogP contribution in [0.5, 0.6) is 0 Å². The van der Waals surface area contributed by atoms with Gasteiger partial charge in [-0.25, -0.2) is 4.98 Å². The highest BCUT2D eigenvalue weighted by molar-refractivity contribution is 5.85. The molecule has 2 aromatic heterocycles. The van der Waals surface area contributed by atoms with E-state index in [1.54, 1.807) is 17.0 Å². The zero-order valence-electron chi connectivity index (χ0n) is 8.81. The second-order valence-corrected chi connectivity index (χ2v) is 3.33. The third-order valence-corrected chi connectivity index (χ3v) is 2.23. The fourth-order valence-electron chi connectivity index (χ4n) is 1.46.